The molecule has 1 atom stereocenters. The molecule has 2 amide bonds. The molecule has 2 aliphatic heterocycles. The smallest absolute Gasteiger partial charge is 0.245 e. The first-order valence-corrected chi connectivity index (χ1v) is 7.25. The molecule has 2 rings (SSSR count). The summed E-state index contributed by atoms with van der Waals surface area (Å²) in [6.45, 7) is 7.33. The van der Waals surface area contributed by atoms with Crippen LogP contribution < -0.4 is 0 Å². The predicted molar refractivity (Wildman–Crippen MR) is 71.6 cm³/mol. The van der Waals surface area contributed by atoms with Gasteiger partial charge in [0.05, 0.1) is 13.2 Å². The van der Waals surface area contributed by atoms with E-state index in [0.29, 0.717) is 38.6 Å². The summed E-state index contributed by atoms with van der Waals surface area (Å²) < 4.78 is 5.27. The van der Waals surface area contributed by atoms with Crippen LogP contribution in [-0.4, -0.2) is 60.5 Å². The zero-order valence-corrected chi connectivity index (χ0v) is 11.9. The van der Waals surface area contributed by atoms with Crippen molar-refractivity contribution in [3.8, 4) is 0 Å². The largest absolute Gasteiger partial charge is 0.378 e. The van der Waals surface area contributed by atoms with E-state index in [-0.39, 0.29) is 17.9 Å². The molecule has 0 aromatic heterocycles. The zero-order valence-electron chi connectivity index (χ0n) is 11.9. The topological polar surface area (TPSA) is 49.9 Å². The highest BCUT2D eigenvalue weighted by atomic mass is 16.5. The molecule has 0 saturated carbocycles. The summed E-state index contributed by atoms with van der Waals surface area (Å²) in [5, 5.41) is 0. The van der Waals surface area contributed by atoms with Gasteiger partial charge in [-0.2, -0.15) is 0 Å². The second-order valence-electron chi connectivity index (χ2n) is 5.78. The van der Waals surface area contributed by atoms with E-state index in [2.05, 4.69) is 0 Å². The van der Waals surface area contributed by atoms with Crippen molar-refractivity contribution in [1.82, 2.24) is 9.80 Å². The van der Waals surface area contributed by atoms with E-state index in [1.165, 1.54) is 0 Å². The molecule has 2 heterocycles. The third-order valence-corrected chi connectivity index (χ3v) is 3.76. The number of amides is 2. The van der Waals surface area contributed by atoms with Gasteiger partial charge in [0, 0.05) is 26.1 Å². The Morgan fingerprint density at radius 1 is 1.21 bits per heavy atom. The molecule has 0 unspecified atom stereocenters. The predicted octanol–water partition coefficient (Wildman–Crippen LogP) is 0.882. The van der Waals surface area contributed by atoms with Gasteiger partial charge in [0.25, 0.3) is 0 Å². The van der Waals surface area contributed by atoms with Crippen molar-refractivity contribution in [2.75, 3.05) is 32.8 Å². The van der Waals surface area contributed by atoms with Crippen LogP contribution >= 0.6 is 0 Å². The molecule has 2 saturated heterocycles. The molecule has 0 aliphatic carbocycles. The van der Waals surface area contributed by atoms with Crippen molar-refractivity contribution in [3.05, 3.63) is 0 Å². The number of morpholine rings is 1. The summed E-state index contributed by atoms with van der Waals surface area (Å²) in [4.78, 5) is 28.3. The van der Waals surface area contributed by atoms with Crippen LogP contribution in [0, 0.1) is 5.92 Å². The maximum Gasteiger partial charge on any atom is 0.245 e. The molecule has 0 spiro atoms. The fourth-order valence-electron chi connectivity index (χ4n) is 2.78. The number of ether oxygens (including phenoxy) is 1. The standard InChI is InChI=1S/C14H24N2O3/c1-11(2)10-13(17)16-5-3-4-12(16)14(18)15-6-8-19-9-7-15/h11-12H,3-10H2,1-2H3/t12-/m1/s1. The van der Waals surface area contributed by atoms with Crippen LogP contribution in [0.25, 0.3) is 0 Å². The molecular weight excluding hydrogens is 244 g/mol. The summed E-state index contributed by atoms with van der Waals surface area (Å²) in [7, 11) is 0. The lowest BCUT2D eigenvalue weighted by Crippen LogP contribution is -2.51. The zero-order chi connectivity index (χ0) is 13.8. The Labute approximate surface area is 114 Å². The minimum atomic E-state index is -0.232. The molecule has 108 valence electrons. The van der Waals surface area contributed by atoms with Crippen LogP contribution in [-0.2, 0) is 14.3 Å². The lowest BCUT2D eigenvalue weighted by Gasteiger charge is -2.32. The lowest BCUT2D eigenvalue weighted by molar-refractivity contribution is -0.146. The van der Waals surface area contributed by atoms with Gasteiger partial charge >= 0.3 is 0 Å². The van der Waals surface area contributed by atoms with Crippen LogP contribution in [0.4, 0.5) is 0 Å². The number of hydrogen-bond acceptors (Lipinski definition) is 3. The number of likely N-dealkylation sites (tertiary alicyclic amines) is 1. The minimum absolute atomic E-state index is 0.109. The van der Waals surface area contributed by atoms with Crippen LogP contribution in [0.15, 0.2) is 0 Å². The van der Waals surface area contributed by atoms with Gasteiger partial charge in [-0.1, -0.05) is 13.8 Å². The van der Waals surface area contributed by atoms with Gasteiger partial charge in [-0.3, -0.25) is 9.59 Å². The number of carbonyl (C=O) groups is 2. The monoisotopic (exact) mass is 268 g/mol. The molecule has 0 N–H and O–H groups in total. The summed E-state index contributed by atoms with van der Waals surface area (Å²) in [6, 6.07) is -0.232. The summed E-state index contributed by atoms with van der Waals surface area (Å²) >= 11 is 0. The van der Waals surface area contributed by atoms with Crippen molar-refractivity contribution >= 4 is 11.8 Å². The third kappa shape index (κ3) is 3.47. The fourth-order valence-corrected chi connectivity index (χ4v) is 2.78. The first-order chi connectivity index (χ1) is 9.09. The molecule has 0 aromatic carbocycles. The molecule has 0 radical (unpaired) electrons. The Hall–Kier alpha value is -1.10. The molecule has 2 fully saturated rings. The molecule has 5 nitrogen and oxygen atoms in total. The van der Waals surface area contributed by atoms with E-state index in [9.17, 15) is 9.59 Å². The molecule has 2 aliphatic rings. The van der Waals surface area contributed by atoms with Gasteiger partial charge in [0.2, 0.25) is 11.8 Å². The van der Waals surface area contributed by atoms with Crippen molar-refractivity contribution in [2.24, 2.45) is 5.92 Å². The van der Waals surface area contributed by atoms with Gasteiger partial charge < -0.3 is 14.5 Å². The van der Waals surface area contributed by atoms with E-state index in [0.717, 1.165) is 19.4 Å². The first kappa shape index (κ1) is 14.3. The average molecular weight is 268 g/mol. The van der Waals surface area contributed by atoms with Gasteiger partial charge in [-0.05, 0) is 18.8 Å². The highest BCUT2D eigenvalue weighted by molar-refractivity contribution is 5.88. The van der Waals surface area contributed by atoms with Crippen LogP contribution in [0.2, 0.25) is 0 Å². The van der Waals surface area contributed by atoms with E-state index >= 15 is 0 Å². The number of rotatable bonds is 3. The van der Waals surface area contributed by atoms with Gasteiger partial charge in [0.15, 0.2) is 0 Å². The van der Waals surface area contributed by atoms with Gasteiger partial charge in [-0.15, -0.1) is 0 Å². The summed E-state index contributed by atoms with van der Waals surface area (Å²) in [5.41, 5.74) is 0. The van der Waals surface area contributed by atoms with Crippen molar-refractivity contribution in [3.63, 3.8) is 0 Å². The Balaban J connectivity index is 1.97. The molecule has 0 aromatic rings. The van der Waals surface area contributed by atoms with E-state index < -0.39 is 0 Å². The number of nitrogens with zero attached hydrogens (tertiary/aromatic N) is 2. The highest BCUT2D eigenvalue weighted by Gasteiger charge is 2.36. The summed E-state index contributed by atoms with van der Waals surface area (Å²) in [5.74, 6) is 0.573. The van der Waals surface area contributed by atoms with E-state index in [1.54, 1.807) is 4.90 Å². The summed E-state index contributed by atoms with van der Waals surface area (Å²) in [6.07, 6.45) is 2.28. The Kier molecular flexibility index (Phi) is 4.80. The van der Waals surface area contributed by atoms with Crippen LogP contribution in [0.3, 0.4) is 0 Å². The maximum atomic E-state index is 12.5. The Morgan fingerprint density at radius 2 is 1.89 bits per heavy atom. The lowest BCUT2D eigenvalue weighted by atomic mass is 10.1. The number of hydrogen-bond donors (Lipinski definition) is 0. The molecule has 19 heavy (non-hydrogen) atoms. The SMILES string of the molecule is CC(C)CC(=O)N1CCC[C@@H]1C(=O)N1CCOCC1. The van der Waals surface area contributed by atoms with Crippen LogP contribution in [0.5, 0.6) is 0 Å². The van der Waals surface area contributed by atoms with Crippen molar-refractivity contribution < 1.29 is 14.3 Å². The second kappa shape index (κ2) is 6.37. The quantitative estimate of drug-likeness (QED) is 0.763. The minimum Gasteiger partial charge on any atom is -0.378 e. The fraction of sp³-hybridized carbons (Fsp3) is 0.857. The Bertz CT molecular complexity index is 338. The van der Waals surface area contributed by atoms with Crippen molar-refractivity contribution in [2.45, 2.75) is 39.2 Å². The highest BCUT2D eigenvalue weighted by Crippen LogP contribution is 2.22. The normalized spacial score (nSPS) is 24.1. The molecular formula is C14H24N2O3. The van der Waals surface area contributed by atoms with E-state index in [4.69, 9.17) is 4.74 Å². The maximum absolute atomic E-state index is 12.5. The second-order valence-corrected chi connectivity index (χ2v) is 5.78. The van der Waals surface area contributed by atoms with Crippen molar-refractivity contribution in [1.29, 1.82) is 0 Å². The molecule has 0 bridgehead atoms. The average Bonchev–Trinajstić information content (AvgIpc) is 2.87. The van der Waals surface area contributed by atoms with E-state index in [1.807, 2.05) is 18.7 Å². The van der Waals surface area contributed by atoms with Gasteiger partial charge in [-0.25, -0.2) is 0 Å². The third-order valence-electron chi connectivity index (χ3n) is 3.76. The Morgan fingerprint density at radius 3 is 2.53 bits per heavy atom. The first-order valence-electron chi connectivity index (χ1n) is 7.25. The number of carbonyl (C=O) groups excluding carboxylic acids is 2. The van der Waals surface area contributed by atoms with Crippen LogP contribution in [0.1, 0.15) is 33.1 Å². The van der Waals surface area contributed by atoms with Gasteiger partial charge in [0.1, 0.15) is 6.04 Å². The molecule has 5 heteroatoms.